The molecule has 0 fully saturated rings. The normalized spacial score (nSPS) is 10.3. The van der Waals surface area contributed by atoms with Crippen LogP contribution in [0.5, 0.6) is 0 Å². The van der Waals surface area contributed by atoms with Crippen molar-refractivity contribution in [2.45, 2.75) is 110 Å². The Morgan fingerprint density at radius 2 is 0.905 bits per heavy atom. The van der Waals surface area contributed by atoms with Crippen molar-refractivity contribution in [2.24, 2.45) is 0 Å². The van der Waals surface area contributed by atoms with E-state index in [1.54, 1.807) is 0 Å². The summed E-state index contributed by atoms with van der Waals surface area (Å²) in [5, 5.41) is 8.52. The van der Waals surface area contributed by atoms with Gasteiger partial charge < -0.3 is 5.11 Å². The SMILES string of the molecule is CCCCCCCCCCCCCCCCCC(=O)O.[Cr]. The van der Waals surface area contributed by atoms with Crippen molar-refractivity contribution in [3.8, 4) is 0 Å². The number of aliphatic carboxylic acids is 1. The molecule has 0 amide bonds. The summed E-state index contributed by atoms with van der Waals surface area (Å²) in [6.07, 6.45) is 20.2. The minimum atomic E-state index is -0.653. The zero-order valence-electron chi connectivity index (χ0n) is 14.1. The van der Waals surface area contributed by atoms with E-state index in [0.29, 0.717) is 6.42 Å². The molecule has 0 radical (unpaired) electrons. The zero-order valence-corrected chi connectivity index (χ0v) is 15.4. The van der Waals surface area contributed by atoms with Crippen molar-refractivity contribution >= 4 is 5.97 Å². The molecule has 0 spiro atoms. The molecule has 2 nitrogen and oxygen atoms in total. The van der Waals surface area contributed by atoms with Gasteiger partial charge in [0, 0.05) is 23.8 Å². The Kier molecular flexibility index (Phi) is 22.2. The van der Waals surface area contributed by atoms with Gasteiger partial charge in [-0.2, -0.15) is 0 Å². The first-order chi connectivity index (χ1) is 9.77. The molecule has 0 rings (SSSR count). The average molecular weight is 336 g/mol. The van der Waals surface area contributed by atoms with Gasteiger partial charge in [0.15, 0.2) is 0 Å². The van der Waals surface area contributed by atoms with Gasteiger partial charge in [0.2, 0.25) is 0 Å². The van der Waals surface area contributed by atoms with E-state index in [1.165, 1.54) is 83.5 Å². The first-order valence-electron chi connectivity index (χ1n) is 8.99. The number of carboxylic acids is 1. The predicted molar refractivity (Wildman–Crippen MR) is 87.2 cm³/mol. The molecule has 0 aromatic heterocycles. The van der Waals surface area contributed by atoms with E-state index in [2.05, 4.69) is 6.92 Å². The molecular formula is C18H36CrO2. The van der Waals surface area contributed by atoms with Crippen molar-refractivity contribution in [1.29, 1.82) is 0 Å². The van der Waals surface area contributed by atoms with E-state index < -0.39 is 5.97 Å². The first-order valence-corrected chi connectivity index (χ1v) is 8.99. The molecule has 0 aromatic rings. The summed E-state index contributed by atoms with van der Waals surface area (Å²) in [5.74, 6) is -0.653. The fourth-order valence-electron chi connectivity index (χ4n) is 2.65. The molecule has 0 saturated heterocycles. The Labute approximate surface area is 143 Å². The van der Waals surface area contributed by atoms with Crippen LogP contribution in [-0.2, 0) is 22.2 Å². The average Bonchev–Trinajstić information content (AvgIpc) is 2.43. The molecule has 0 unspecified atom stereocenters. The molecule has 3 heteroatoms. The number of carbonyl (C=O) groups is 1. The summed E-state index contributed by atoms with van der Waals surface area (Å²) in [5.41, 5.74) is 0. The van der Waals surface area contributed by atoms with Crippen LogP contribution in [-0.4, -0.2) is 11.1 Å². The zero-order chi connectivity index (χ0) is 14.9. The largest absolute Gasteiger partial charge is 0.481 e. The summed E-state index contributed by atoms with van der Waals surface area (Å²) in [4.78, 5) is 10.3. The van der Waals surface area contributed by atoms with Crippen molar-refractivity contribution in [3.63, 3.8) is 0 Å². The minimum Gasteiger partial charge on any atom is -0.481 e. The van der Waals surface area contributed by atoms with E-state index in [4.69, 9.17) is 5.11 Å². The molecule has 21 heavy (non-hydrogen) atoms. The van der Waals surface area contributed by atoms with Crippen LogP contribution in [0.25, 0.3) is 0 Å². The standard InChI is InChI=1S/C18H36O2.Cr/c1-2-3-4-5-6-7-8-9-10-11-12-13-14-15-16-17-18(19)20;/h2-17H2,1H3,(H,19,20);. The van der Waals surface area contributed by atoms with Gasteiger partial charge in [-0.1, -0.05) is 96.8 Å². The molecule has 0 aliphatic heterocycles. The van der Waals surface area contributed by atoms with Crippen LogP contribution in [0.15, 0.2) is 0 Å². The minimum absolute atomic E-state index is 0. The third-order valence-electron chi connectivity index (χ3n) is 3.99. The summed E-state index contributed by atoms with van der Waals surface area (Å²) < 4.78 is 0. The monoisotopic (exact) mass is 336 g/mol. The molecule has 0 heterocycles. The predicted octanol–water partition coefficient (Wildman–Crippen LogP) is 6.33. The van der Waals surface area contributed by atoms with E-state index in [-0.39, 0.29) is 17.4 Å². The second-order valence-electron chi connectivity index (χ2n) is 6.09. The summed E-state index contributed by atoms with van der Waals surface area (Å²) >= 11 is 0. The number of carboxylic acid groups (broad SMARTS) is 1. The Bertz CT molecular complexity index is 207. The van der Waals surface area contributed by atoms with Gasteiger partial charge in [-0.25, -0.2) is 0 Å². The van der Waals surface area contributed by atoms with Gasteiger partial charge in [0.1, 0.15) is 0 Å². The van der Waals surface area contributed by atoms with Gasteiger partial charge >= 0.3 is 5.97 Å². The molecule has 1 N–H and O–H groups in total. The third kappa shape index (κ3) is 22.4. The molecule has 0 atom stereocenters. The Hall–Kier alpha value is 0.00247. The third-order valence-corrected chi connectivity index (χ3v) is 3.99. The Balaban J connectivity index is 0. The van der Waals surface area contributed by atoms with Gasteiger partial charge in [-0.15, -0.1) is 0 Å². The molecule has 126 valence electrons. The van der Waals surface area contributed by atoms with Crippen LogP contribution in [0.4, 0.5) is 0 Å². The van der Waals surface area contributed by atoms with Gasteiger partial charge in [0.25, 0.3) is 0 Å². The van der Waals surface area contributed by atoms with E-state index in [0.717, 1.165) is 12.8 Å². The topological polar surface area (TPSA) is 37.3 Å². The van der Waals surface area contributed by atoms with Gasteiger partial charge in [0.05, 0.1) is 0 Å². The van der Waals surface area contributed by atoms with Crippen LogP contribution in [0.2, 0.25) is 0 Å². The van der Waals surface area contributed by atoms with E-state index in [9.17, 15) is 4.79 Å². The van der Waals surface area contributed by atoms with Crippen LogP contribution < -0.4 is 0 Å². The first kappa shape index (κ1) is 23.3. The van der Waals surface area contributed by atoms with Crippen molar-refractivity contribution in [2.75, 3.05) is 0 Å². The van der Waals surface area contributed by atoms with E-state index >= 15 is 0 Å². The molecule has 0 saturated carbocycles. The summed E-state index contributed by atoms with van der Waals surface area (Å²) in [6.45, 7) is 2.27. The van der Waals surface area contributed by atoms with Crippen LogP contribution in [0.3, 0.4) is 0 Å². The molecule has 0 aliphatic carbocycles. The molecule has 0 aliphatic rings. The maximum absolute atomic E-state index is 10.3. The fraction of sp³-hybridized carbons (Fsp3) is 0.944. The van der Waals surface area contributed by atoms with E-state index in [1.807, 2.05) is 0 Å². The Morgan fingerprint density at radius 1 is 0.619 bits per heavy atom. The summed E-state index contributed by atoms with van der Waals surface area (Å²) in [7, 11) is 0. The smallest absolute Gasteiger partial charge is 0.303 e. The van der Waals surface area contributed by atoms with Gasteiger partial charge in [-0.3, -0.25) is 4.79 Å². The van der Waals surface area contributed by atoms with Crippen LogP contribution >= 0.6 is 0 Å². The number of hydrogen-bond donors (Lipinski definition) is 1. The maximum atomic E-state index is 10.3. The van der Waals surface area contributed by atoms with Gasteiger partial charge in [-0.05, 0) is 6.42 Å². The number of hydrogen-bond acceptors (Lipinski definition) is 1. The summed E-state index contributed by atoms with van der Waals surface area (Å²) in [6, 6.07) is 0. The van der Waals surface area contributed by atoms with Crippen molar-refractivity contribution in [3.05, 3.63) is 0 Å². The Morgan fingerprint density at radius 3 is 1.19 bits per heavy atom. The number of unbranched alkanes of at least 4 members (excludes halogenated alkanes) is 14. The second kappa shape index (κ2) is 20.0. The fourth-order valence-corrected chi connectivity index (χ4v) is 2.65. The second-order valence-corrected chi connectivity index (χ2v) is 6.09. The van der Waals surface area contributed by atoms with Crippen LogP contribution in [0.1, 0.15) is 110 Å². The quantitative estimate of drug-likeness (QED) is 0.334. The van der Waals surface area contributed by atoms with Crippen LogP contribution in [0, 0.1) is 0 Å². The maximum Gasteiger partial charge on any atom is 0.303 e. The number of rotatable bonds is 16. The molecular weight excluding hydrogens is 300 g/mol. The van der Waals surface area contributed by atoms with Crippen molar-refractivity contribution < 1.29 is 27.3 Å². The molecule has 0 aromatic carbocycles. The van der Waals surface area contributed by atoms with Crippen molar-refractivity contribution in [1.82, 2.24) is 0 Å². The molecule has 0 bridgehead atoms.